The van der Waals surface area contributed by atoms with E-state index in [4.69, 9.17) is 11.6 Å². The molecule has 4 rings (SSSR count). The average molecular weight is 411 g/mol. The fourth-order valence-corrected chi connectivity index (χ4v) is 4.40. The minimum absolute atomic E-state index is 0.0121. The van der Waals surface area contributed by atoms with Gasteiger partial charge >= 0.3 is 0 Å². The summed E-state index contributed by atoms with van der Waals surface area (Å²) in [4.78, 5) is 19.9. The highest BCUT2D eigenvalue weighted by atomic mass is 35.5. The molecule has 3 heterocycles. The van der Waals surface area contributed by atoms with Crippen LogP contribution >= 0.6 is 22.9 Å². The molecule has 1 saturated heterocycles. The predicted octanol–water partition coefficient (Wildman–Crippen LogP) is 6.27. The molecule has 0 unspecified atom stereocenters. The number of nitrogens with zero attached hydrogens (tertiary/aromatic N) is 2. The Morgan fingerprint density at radius 3 is 2.54 bits per heavy atom. The van der Waals surface area contributed by atoms with E-state index in [0.717, 1.165) is 41.9 Å². The zero-order valence-electron chi connectivity index (χ0n) is 16.3. The van der Waals surface area contributed by atoms with Gasteiger partial charge in [0.2, 0.25) is 0 Å². The zero-order chi connectivity index (χ0) is 19.9. The molecule has 2 aromatic heterocycles. The fraction of sp³-hybridized carbons (Fsp3) is 0.304. The van der Waals surface area contributed by atoms with Crippen LogP contribution in [-0.2, 0) is 5.41 Å². The molecule has 3 nitrogen and oxygen atoms in total. The third-order valence-electron chi connectivity index (χ3n) is 5.08. The van der Waals surface area contributed by atoms with Crippen molar-refractivity contribution in [3.8, 4) is 21.6 Å². The molecule has 1 amide bonds. The lowest BCUT2D eigenvalue weighted by molar-refractivity contribution is 0.0652. The lowest BCUT2D eigenvalue weighted by Crippen LogP contribution is -2.41. The lowest BCUT2D eigenvalue weighted by atomic mass is 9.90. The maximum absolute atomic E-state index is 12.4. The Labute approximate surface area is 175 Å². The Morgan fingerprint density at radius 1 is 1.11 bits per heavy atom. The molecule has 1 fully saturated rings. The molecule has 0 saturated carbocycles. The maximum atomic E-state index is 12.4. The first kappa shape index (κ1) is 19.2. The summed E-state index contributed by atoms with van der Waals surface area (Å²) in [6.07, 6.45) is 2.96. The van der Waals surface area contributed by atoms with E-state index in [9.17, 15) is 4.79 Å². The molecule has 1 aromatic carbocycles. The molecule has 5 heteroatoms. The number of benzene rings is 1. The molecule has 144 valence electrons. The molecule has 3 aromatic rings. The molecule has 1 aliphatic rings. The first-order valence-corrected chi connectivity index (χ1v) is 10.7. The Kier molecular flexibility index (Phi) is 5.02. The Morgan fingerprint density at radius 2 is 1.89 bits per heavy atom. The van der Waals surface area contributed by atoms with Crippen LogP contribution in [-0.4, -0.2) is 28.9 Å². The van der Waals surface area contributed by atoms with Crippen molar-refractivity contribution in [3.63, 3.8) is 0 Å². The lowest BCUT2D eigenvalue weighted by Gasteiger charge is -2.31. The van der Waals surface area contributed by atoms with Gasteiger partial charge in [0.25, 0.3) is 5.91 Å². The van der Waals surface area contributed by atoms with Gasteiger partial charge in [-0.15, -0.1) is 11.3 Å². The van der Waals surface area contributed by atoms with Crippen molar-refractivity contribution in [3.05, 3.63) is 64.3 Å². The maximum Gasteiger partial charge on any atom is 0.253 e. The summed E-state index contributed by atoms with van der Waals surface area (Å²) >= 11 is 8.23. The second-order valence-corrected chi connectivity index (χ2v) is 9.54. The van der Waals surface area contributed by atoms with Crippen LogP contribution in [0.25, 0.3) is 21.6 Å². The predicted molar refractivity (Wildman–Crippen MR) is 117 cm³/mol. The van der Waals surface area contributed by atoms with Gasteiger partial charge in [-0.1, -0.05) is 38.4 Å². The third kappa shape index (κ3) is 3.71. The third-order valence-corrected chi connectivity index (χ3v) is 6.37. The first-order valence-electron chi connectivity index (χ1n) is 9.47. The van der Waals surface area contributed by atoms with E-state index in [1.807, 2.05) is 29.3 Å². The number of hydrogen-bond acceptors (Lipinski definition) is 3. The van der Waals surface area contributed by atoms with Crippen LogP contribution in [0.2, 0.25) is 5.02 Å². The average Bonchev–Trinajstić information content (AvgIpc) is 3.09. The standard InChI is InChI=1S/C23H23ClN2OS/c1-23(2,3)21-13-15(7-8-25-21)20-12-17(14-28-20)18-6-5-16(11-19(18)24)22(27)26-9-4-10-26/h5-8,11-14H,4,9-10H2,1-3H3. The van der Waals surface area contributed by atoms with Crippen LogP contribution in [0.3, 0.4) is 0 Å². The van der Waals surface area contributed by atoms with E-state index >= 15 is 0 Å². The van der Waals surface area contributed by atoms with Crippen molar-refractivity contribution in [1.29, 1.82) is 0 Å². The Bertz CT molecular complexity index is 1030. The van der Waals surface area contributed by atoms with Crippen molar-refractivity contribution in [2.75, 3.05) is 13.1 Å². The number of thiophene rings is 1. The second-order valence-electron chi connectivity index (χ2n) is 8.22. The summed E-state index contributed by atoms with van der Waals surface area (Å²) in [5, 5.41) is 2.73. The molecule has 0 radical (unpaired) electrons. The summed E-state index contributed by atoms with van der Waals surface area (Å²) in [5.41, 5.74) is 4.94. The summed E-state index contributed by atoms with van der Waals surface area (Å²) in [7, 11) is 0. The number of hydrogen-bond donors (Lipinski definition) is 0. The Hall–Kier alpha value is -2.17. The molecule has 0 bridgehead atoms. The SMILES string of the molecule is CC(C)(C)c1cc(-c2cc(-c3ccc(C(=O)N4CCC4)cc3Cl)cs2)ccn1. The van der Waals surface area contributed by atoms with Gasteiger partial charge in [-0.3, -0.25) is 9.78 Å². The largest absolute Gasteiger partial charge is 0.339 e. The number of aromatic nitrogens is 1. The fourth-order valence-electron chi connectivity index (χ4n) is 3.21. The van der Waals surface area contributed by atoms with E-state index in [1.54, 1.807) is 17.4 Å². The summed E-state index contributed by atoms with van der Waals surface area (Å²) < 4.78 is 0. The second kappa shape index (κ2) is 7.34. The number of amides is 1. The summed E-state index contributed by atoms with van der Waals surface area (Å²) in [6, 6.07) is 12.0. The molecule has 0 N–H and O–H groups in total. The molecule has 0 aliphatic carbocycles. The number of pyridine rings is 1. The highest BCUT2D eigenvalue weighted by molar-refractivity contribution is 7.14. The Balaban J connectivity index is 1.62. The number of carbonyl (C=O) groups is 1. The summed E-state index contributed by atoms with van der Waals surface area (Å²) in [6.45, 7) is 8.19. The molecular formula is C23H23ClN2OS. The van der Waals surface area contributed by atoms with Gasteiger partial charge in [0.05, 0.1) is 0 Å². The molecular weight excluding hydrogens is 388 g/mol. The monoisotopic (exact) mass is 410 g/mol. The number of halogens is 1. The van der Waals surface area contributed by atoms with Gasteiger partial charge < -0.3 is 4.90 Å². The van der Waals surface area contributed by atoms with Crippen LogP contribution in [0.15, 0.2) is 48.0 Å². The minimum atomic E-state index is 0.0121. The van der Waals surface area contributed by atoms with Crippen LogP contribution in [0.4, 0.5) is 0 Å². The van der Waals surface area contributed by atoms with Gasteiger partial charge in [-0.05, 0) is 53.3 Å². The van der Waals surface area contributed by atoms with E-state index < -0.39 is 0 Å². The van der Waals surface area contributed by atoms with Crippen molar-refractivity contribution in [2.45, 2.75) is 32.6 Å². The van der Waals surface area contributed by atoms with E-state index in [-0.39, 0.29) is 11.3 Å². The van der Waals surface area contributed by atoms with Gasteiger partial charge in [0.1, 0.15) is 0 Å². The number of rotatable bonds is 3. The highest BCUT2D eigenvalue weighted by Crippen LogP contribution is 2.37. The minimum Gasteiger partial charge on any atom is -0.339 e. The van der Waals surface area contributed by atoms with Crippen molar-refractivity contribution >= 4 is 28.8 Å². The summed E-state index contributed by atoms with van der Waals surface area (Å²) in [5.74, 6) is 0.0669. The van der Waals surface area contributed by atoms with E-state index in [1.165, 1.54) is 4.88 Å². The number of likely N-dealkylation sites (tertiary alicyclic amines) is 1. The number of carbonyl (C=O) groups excluding carboxylic acids is 1. The molecule has 0 atom stereocenters. The highest BCUT2D eigenvalue weighted by Gasteiger charge is 2.22. The van der Waals surface area contributed by atoms with Crippen LogP contribution in [0.1, 0.15) is 43.2 Å². The van der Waals surface area contributed by atoms with Crippen molar-refractivity contribution in [2.24, 2.45) is 0 Å². The zero-order valence-corrected chi connectivity index (χ0v) is 17.9. The first-order chi connectivity index (χ1) is 13.3. The van der Waals surface area contributed by atoms with Gasteiger partial charge in [0.15, 0.2) is 0 Å². The van der Waals surface area contributed by atoms with E-state index in [0.29, 0.717) is 10.6 Å². The van der Waals surface area contributed by atoms with Gasteiger partial charge in [-0.25, -0.2) is 0 Å². The molecule has 0 spiro atoms. The normalized spacial score (nSPS) is 14.1. The van der Waals surface area contributed by atoms with Crippen molar-refractivity contribution < 1.29 is 4.79 Å². The van der Waals surface area contributed by atoms with Crippen LogP contribution in [0.5, 0.6) is 0 Å². The van der Waals surface area contributed by atoms with Gasteiger partial charge in [-0.2, -0.15) is 0 Å². The van der Waals surface area contributed by atoms with Crippen LogP contribution in [0, 0.1) is 0 Å². The molecule has 1 aliphatic heterocycles. The topological polar surface area (TPSA) is 33.2 Å². The quantitative estimate of drug-likeness (QED) is 0.509. The van der Waals surface area contributed by atoms with E-state index in [2.05, 4.69) is 43.3 Å². The van der Waals surface area contributed by atoms with Crippen molar-refractivity contribution in [1.82, 2.24) is 9.88 Å². The van der Waals surface area contributed by atoms with Crippen LogP contribution < -0.4 is 0 Å². The van der Waals surface area contributed by atoms with Gasteiger partial charge in [0, 0.05) is 51.4 Å². The molecule has 28 heavy (non-hydrogen) atoms. The smallest absolute Gasteiger partial charge is 0.253 e.